The van der Waals surface area contributed by atoms with Crippen LogP contribution in [0.1, 0.15) is 0 Å². The fourth-order valence-corrected chi connectivity index (χ4v) is 8.88. The lowest BCUT2D eigenvalue weighted by atomic mass is 10.0. The molecule has 0 saturated heterocycles. The van der Waals surface area contributed by atoms with Gasteiger partial charge in [-0.05, 0) is 93.7 Å². The Bertz CT molecular complexity index is 3210. The maximum atomic E-state index is 6.68. The highest BCUT2D eigenvalue weighted by atomic mass is 16.3. The zero-order chi connectivity index (χ0) is 31.8. The number of benzene rings is 8. The van der Waals surface area contributed by atoms with Crippen molar-refractivity contribution in [3.63, 3.8) is 0 Å². The average molecular weight is 623 g/mol. The monoisotopic (exact) mass is 622 g/mol. The van der Waals surface area contributed by atoms with Gasteiger partial charge in [0.2, 0.25) is 0 Å². The molecule has 226 valence electrons. The van der Waals surface area contributed by atoms with Gasteiger partial charge in [0.25, 0.3) is 0 Å². The van der Waals surface area contributed by atoms with E-state index in [0.29, 0.717) is 0 Å². The molecule has 0 amide bonds. The van der Waals surface area contributed by atoms with Gasteiger partial charge in [-0.2, -0.15) is 0 Å². The lowest BCUT2D eigenvalue weighted by Crippen LogP contribution is -1.96. The van der Waals surface area contributed by atoms with E-state index in [9.17, 15) is 0 Å². The molecular weight excluding hydrogens is 597 g/mol. The zero-order valence-corrected chi connectivity index (χ0v) is 26.3. The number of rotatable bonds is 2. The van der Waals surface area contributed by atoms with E-state index in [1.54, 1.807) is 0 Å². The molecule has 8 aromatic carbocycles. The van der Waals surface area contributed by atoms with Crippen molar-refractivity contribution in [3.8, 4) is 33.6 Å². The SMILES string of the molecule is c1ccc(-n2c3ccc4c5ccccc5oc4c3c3ccc4c(c5ccccc5n4-c4cc5c6c(cccc6c4)-c4ccccc4-5)c32)cc1. The van der Waals surface area contributed by atoms with Crippen molar-refractivity contribution in [3.05, 3.63) is 158 Å². The lowest BCUT2D eigenvalue weighted by Gasteiger charge is -2.12. The van der Waals surface area contributed by atoms with Gasteiger partial charge < -0.3 is 13.6 Å². The summed E-state index contributed by atoms with van der Waals surface area (Å²) in [4.78, 5) is 0. The molecule has 0 fully saturated rings. The second-order valence-electron chi connectivity index (χ2n) is 13.3. The van der Waals surface area contributed by atoms with E-state index in [-0.39, 0.29) is 0 Å². The number of hydrogen-bond donors (Lipinski definition) is 0. The van der Waals surface area contributed by atoms with Gasteiger partial charge in [0.05, 0.1) is 27.5 Å². The normalized spacial score (nSPS) is 12.5. The Morgan fingerprint density at radius 1 is 0.367 bits per heavy atom. The molecule has 0 unspecified atom stereocenters. The molecule has 12 rings (SSSR count). The fraction of sp³-hybridized carbons (Fsp3) is 0. The molecule has 0 radical (unpaired) electrons. The van der Waals surface area contributed by atoms with Crippen LogP contribution < -0.4 is 0 Å². The van der Waals surface area contributed by atoms with Gasteiger partial charge in [-0.1, -0.05) is 97.1 Å². The number of aromatic nitrogens is 2. The molecule has 0 spiro atoms. The second kappa shape index (κ2) is 9.06. The summed E-state index contributed by atoms with van der Waals surface area (Å²) in [7, 11) is 0. The molecule has 1 aliphatic rings. The molecule has 3 heteroatoms. The first kappa shape index (κ1) is 25.5. The molecule has 3 heterocycles. The lowest BCUT2D eigenvalue weighted by molar-refractivity contribution is 0.673. The number of hydrogen-bond acceptors (Lipinski definition) is 1. The third-order valence-corrected chi connectivity index (χ3v) is 10.8. The van der Waals surface area contributed by atoms with E-state index in [1.807, 2.05) is 6.07 Å². The summed E-state index contributed by atoms with van der Waals surface area (Å²) in [5.41, 5.74) is 14.1. The smallest absolute Gasteiger partial charge is 0.145 e. The van der Waals surface area contributed by atoms with Gasteiger partial charge in [-0.25, -0.2) is 0 Å². The van der Waals surface area contributed by atoms with Crippen LogP contribution in [-0.2, 0) is 0 Å². The Labute approximate surface area is 280 Å². The standard InChI is InChI=1S/C46H26N2O/c1-2-12-28(13-3-1)48-40-23-21-34-32-16-7-9-20-41(32)49-46(34)44(40)36-22-24-39-43(45(36)48)35-17-6-8-19-38(35)47(39)29-25-27-11-10-18-33-30-14-4-5-15-31(30)37(26-29)42(27)33/h1-26H. The minimum Gasteiger partial charge on any atom is -0.455 e. The summed E-state index contributed by atoms with van der Waals surface area (Å²) in [5, 5.41) is 9.70. The fourth-order valence-electron chi connectivity index (χ4n) is 8.88. The first-order chi connectivity index (χ1) is 24.3. The Balaban J connectivity index is 1.27. The van der Waals surface area contributed by atoms with E-state index >= 15 is 0 Å². The summed E-state index contributed by atoms with van der Waals surface area (Å²) in [6.45, 7) is 0. The van der Waals surface area contributed by atoms with Gasteiger partial charge in [0.15, 0.2) is 0 Å². The van der Waals surface area contributed by atoms with Crippen LogP contribution in [0.15, 0.2) is 162 Å². The molecule has 3 nitrogen and oxygen atoms in total. The third kappa shape index (κ3) is 3.17. The van der Waals surface area contributed by atoms with Crippen molar-refractivity contribution in [2.45, 2.75) is 0 Å². The topological polar surface area (TPSA) is 23.0 Å². The van der Waals surface area contributed by atoms with Crippen LogP contribution in [0.3, 0.4) is 0 Å². The summed E-state index contributed by atoms with van der Waals surface area (Å²) in [5.74, 6) is 0. The van der Waals surface area contributed by atoms with Crippen molar-refractivity contribution >= 4 is 76.3 Å². The Morgan fingerprint density at radius 3 is 1.94 bits per heavy atom. The summed E-state index contributed by atoms with van der Waals surface area (Å²) < 4.78 is 11.6. The predicted molar refractivity (Wildman–Crippen MR) is 204 cm³/mol. The molecular formula is C46H26N2O. The number of fused-ring (bicyclic) bond motifs is 14. The van der Waals surface area contributed by atoms with Gasteiger partial charge in [-0.3, -0.25) is 0 Å². The molecule has 0 N–H and O–H groups in total. The van der Waals surface area contributed by atoms with Crippen LogP contribution in [0.2, 0.25) is 0 Å². The molecule has 0 saturated carbocycles. The largest absolute Gasteiger partial charge is 0.455 e. The highest BCUT2D eigenvalue weighted by Gasteiger charge is 2.26. The minimum absolute atomic E-state index is 0.914. The quantitative estimate of drug-likeness (QED) is 0.188. The molecule has 0 aliphatic heterocycles. The number of furan rings is 1. The van der Waals surface area contributed by atoms with Gasteiger partial charge in [0.1, 0.15) is 11.2 Å². The molecule has 1 aliphatic carbocycles. The van der Waals surface area contributed by atoms with Crippen LogP contribution in [-0.4, -0.2) is 9.13 Å². The highest BCUT2D eigenvalue weighted by Crippen LogP contribution is 2.50. The van der Waals surface area contributed by atoms with Crippen LogP contribution >= 0.6 is 0 Å². The molecule has 49 heavy (non-hydrogen) atoms. The molecule has 3 aromatic heterocycles. The Morgan fingerprint density at radius 2 is 1.06 bits per heavy atom. The van der Waals surface area contributed by atoms with E-state index < -0.39 is 0 Å². The molecule has 0 atom stereocenters. The van der Waals surface area contributed by atoms with Crippen molar-refractivity contribution in [2.75, 3.05) is 0 Å². The zero-order valence-electron chi connectivity index (χ0n) is 26.3. The van der Waals surface area contributed by atoms with E-state index in [1.165, 1.54) is 71.4 Å². The van der Waals surface area contributed by atoms with Crippen LogP contribution in [0.5, 0.6) is 0 Å². The average Bonchev–Trinajstić information content (AvgIpc) is 3.89. The van der Waals surface area contributed by atoms with Gasteiger partial charge >= 0.3 is 0 Å². The number of para-hydroxylation sites is 3. The Hall–Kier alpha value is -6.58. The van der Waals surface area contributed by atoms with E-state index in [4.69, 9.17) is 4.42 Å². The molecule has 11 aromatic rings. The maximum absolute atomic E-state index is 6.68. The second-order valence-corrected chi connectivity index (χ2v) is 13.3. The third-order valence-electron chi connectivity index (χ3n) is 10.8. The summed E-state index contributed by atoms with van der Waals surface area (Å²) in [6.07, 6.45) is 0. The highest BCUT2D eigenvalue weighted by molar-refractivity contribution is 6.31. The number of nitrogens with zero attached hydrogens (tertiary/aromatic N) is 2. The van der Waals surface area contributed by atoms with E-state index in [2.05, 4.69) is 161 Å². The van der Waals surface area contributed by atoms with Gasteiger partial charge in [0, 0.05) is 38.3 Å². The van der Waals surface area contributed by atoms with Crippen LogP contribution in [0.25, 0.3) is 110 Å². The van der Waals surface area contributed by atoms with Crippen molar-refractivity contribution in [1.29, 1.82) is 0 Å². The van der Waals surface area contributed by atoms with Crippen LogP contribution in [0.4, 0.5) is 0 Å². The van der Waals surface area contributed by atoms with Crippen molar-refractivity contribution in [1.82, 2.24) is 9.13 Å². The minimum atomic E-state index is 0.914. The van der Waals surface area contributed by atoms with Crippen LogP contribution in [0, 0.1) is 0 Å². The Kier molecular flexibility index (Phi) is 4.72. The molecule has 0 bridgehead atoms. The predicted octanol–water partition coefficient (Wildman–Crippen LogP) is 12.6. The summed E-state index contributed by atoms with van der Waals surface area (Å²) in [6, 6.07) is 57.4. The van der Waals surface area contributed by atoms with E-state index in [0.717, 1.165) is 38.5 Å². The first-order valence-corrected chi connectivity index (χ1v) is 16.9. The first-order valence-electron chi connectivity index (χ1n) is 16.9. The maximum Gasteiger partial charge on any atom is 0.145 e. The van der Waals surface area contributed by atoms with Gasteiger partial charge in [-0.15, -0.1) is 0 Å². The van der Waals surface area contributed by atoms with Crippen molar-refractivity contribution in [2.24, 2.45) is 0 Å². The summed E-state index contributed by atoms with van der Waals surface area (Å²) >= 11 is 0. The van der Waals surface area contributed by atoms with Crippen molar-refractivity contribution < 1.29 is 4.42 Å².